The molecule has 0 aliphatic heterocycles. The average Bonchev–Trinajstić information content (AvgIpc) is 3.03. The molecule has 0 N–H and O–H groups in total. The van der Waals surface area contributed by atoms with E-state index >= 15 is 0 Å². The van der Waals surface area contributed by atoms with E-state index in [1.807, 2.05) is 36.4 Å². The van der Waals surface area contributed by atoms with Gasteiger partial charge in [0.25, 0.3) is 0 Å². The van der Waals surface area contributed by atoms with Gasteiger partial charge in [0, 0.05) is 11.5 Å². The maximum absolute atomic E-state index is 10.4. The van der Waals surface area contributed by atoms with Gasteiger partial charge in [0.15, 0.2) is 0 Å². The first kappa shape index (κ1) is 31.7. The lowest BCUT2D eigenvalue weighted by Gasteiger charge is -2.19. The molecule has 44 heavy (non-hydrogen) atoms. The number of rotatable bonds is 9. The Morgan fingerprint density at radius 2 is 0.682 bits per heavy atom. The summed E-state index contributed by atoms with van der Waals surface area (Å²) in [6, 6.07) is 24.5. The molecule has 0 bridgehead atoms. The molecule has 0 heterocycles. The van der Waals surface area contributed by atoms with E-state index in [0.29, 0.717) is 22.6 Å². The zero-order chi connectivity index (χ0) is 31.7. The maximum Gasteiger partial charge on any atom is 0.240 e. The summed E-state index contributed by atoms with van der Waals surface area (Å²) in [5, 5.41) is 0. The summed E-state index contributed by atoms with van der Waals surface area (Å²) in [6.45, 7) is 1.61. The van der Waals surface area contributed by atoms with Gasteiger partial charge in [0.05, 0.1) is 34.1 Å². The molecule has 4 rings (SSSR count). The molecule has 0 saturated carbocycles. The zero-order valence-electron chi connectivity index (χ0n) is 22.8. The Morgan fingerprint density at radius 3 is 0.955 bits per heavy atom. The number of isocyanates is 6. The first-order valence-corrected chi connectivity index (χ1v) is 12.4. The normalized spacial score (nSPS) is 9.84. The first-order chi connectivity index (χ1) is 21.5. The summed E-state index contributed by atoms with van der Waals surface area (Å²) < 4.78 is 0. The van der Waals surface area contributed by atoms with Gasteiger partial charge in [-0.25, -0.2) is 28.8 Å². The van der Waals surface area contributed by atoms with Crippen molar-refractivity contribution < 1.29 is 28.8 Å². The van der Waals surface area contributed by atoms with Crippen LogP contribution in [0.1, 0.15) is 28.2 Å². The molecule has 0 amide bonds. The third kappa shape index (κ3) is 8.58. The largest absolute Gasteiger partial charge is 0.240 e. The molecule has 0 atom stereocenters. The molecule has 4 aromatic carbocycles. The van der Waals surface area contributed by atoms with E-state index in [1.165, 1.54) is 48.6 Å². The summed E-state index contributed by atoms with van der Waals surface area (Å²) in [6.07, 6.45) is 8.62. The lowest BCUT2D eigenvalue weighted by atomic mass is 9.85. The number of carbonyl (C=O) groups excluding carboxylic acids is 6. The summed E-state index contributed by atoms with van der Waals surface area (Å²) in [5.41, 5.74) is 5.65. The second-order valence-electron chi connectivity index (χ2n) is 8.54. The van der Waals surface area contributed by atoms with E-state index in [4.69, 9.17) is 0 Å². The lowest BCUT2D eigenvalue weighted by Crippen LogP contribution is -2.03. The first-order valence-electron chi connectivity index (χ1n) is 12.4. The van der Waals surface area contributed by atoms with Gasteiger partial charge in [-0.1, -0.05) is 36.4 Å². The molecule has 0 aromatic heterocycles. The van der Waals surface area contributed by atoms with Crippen LogP contribution in [0, 0.1) is 6.92 Å². The highest BCUT2D eigenvalue weighted by molar-refractivity contribution is 5.72. The average molecular weight is 583 g/mol. The molecule has 0 fully saturated rings. The van der Waals surface area contributed by atoms with Crippen LogP contribution in [-0.2, 0) is 28.8 Å². The van der Waals surface area contributed by atoms with Crippen LogP contribution >= 0.6 is 0 Å². The molecule has 12 nitrogen and oxygen atoms in total. The van der Waals surface area contributed by atoms with Crippen LogP contribution in [-0.4, -0.2) is 36.5 Å². The van der Waals surface area contributed by atoms with E-state index in [-0.39, 0.29) is 23.0 Å². The molecule has 4 aromatic rings. The third-order valence-corrected chi connectivity index (χ3v) is 6.05. The van der Waals surface area contributed by atoms with Crippen molar-refractivity contribution >= 4 is 70.6 Å². The fraction of sp³-hybridized carbons (Fsp3) is 0.0625. The summed E-state index contributed by atoms with van der Waals surface area (Å²) >= 11 is 0. The van der Waals surface area contributed by atoms with E-state index in [0.717, 1.165) is 16.7 Å². The topological polar surface area (TPSA) is 177 Å². The Hall–Kier alpha value is -6.84. The Kier molecular flexibility index (Phi) is 11.8. The van der Waals surface area contributed by atoms with E-state index in [1.54, 1.807) is 43.3 Å². The second kappa shape index (κ2) is 16.4. The van der Waals surface area contributed by atoms with Gasteiger partial charge < -0.3 is 0 Å². The van der Waals surface area contributed by atoms with Gasteiger partial charge in [-0.15, -0.1) is 0 Å². The molecule has 212 valence electrons. The number of nitrogens with zero attached hydrogens (tertiary/aromatic N) is 6. The van der Waals surface area contributed by atoms with Crippen molar-refractivity contribution in [2.45, 2.75) is 12.8 Å². The van der Waals surface area contributed by atoms with E-state index in [2.05, 4.69) is 30.0 Å². The predicted octanol–water partition coefficient (Wildman–Crippen LogP) is 6.67. The highest BCUT2D eigenvalue weighted by Gasteiger charge is 2.17. The molecule has 0 saturated heterocycles. The quantitative estimate of drug-likeness (QED) is 0.121. The number of aliphatic imine (C=N–C) groups is 6. The highest BCUT2D eigenvalue weighted by Crippen LogP contribution is 2.35. The van der Waals surface area contributed by atoms with Gasteiger partial charge in [0.2, 0.25) is 36.5 Å². The Bertz CT molecular complexity index is 1750. The van der Waals surface area contributed by atoms with Crippen LogP contribution in [0.25, 0.3) is 0 Å². The van der Waals surface area contributed by atoms with Crippen molar-refractivity contribution in [3.8, 4) is 0 Å². The highest BCUT2D eigenvalue weighted by atomic mass is 16.1. The minimum atomic E-state index is -0.127. The van der Waals surface area contributed by atoms with E-state index in [9.17, 15) is 28.8 Å². The molecule has 0 unspecified atom stereocenters. The molecule has 0 spiro atoms. The molecule has 0 aliphatic rings. The van der Waals surface area contributed by atoms with Crippen LogP contribution < -0.4 is 0 Å². The molecule has 0 radical (unpaired) electrons. The van der Waals surface area contributed by atoms with Crippen molar-refractivity contribution in [3.05, 3.63) is 107 Å². The van der Waals surface area contributed by atoms with Crippen LogP contribution in [0.5, 0.6) is 0 Å². The Labute approximate surface area is 249 Å². The SMILES string of the molecule is Cc1c(N=C=O)cc(N=C=O)cc1N=C=O.O=C=Nc1ccc(C(c2ccc(N=C=O)cc2)c2ccc(N=C=O)cc2)cc1. The third-order valence-electron chi connectivity index (χ3n) is 6.05. The van der Waals surface area contributed by atoms with Crippen molar-refractivity contribution in [2.24, 2.45) is 30.0 Å². The van der Waals surface area contributed by atoms with Crippen molar-refractivity contribution in [3.63, 3.8) is 0 Å². The molecule has 12 heteroatoms. The molecular formula is C32H18N6O6. The van der Waals surface area contributed by atoms with Gasteiger partial charge in [-0.3, -0.25) is 0 Å². The number of hydrogen-bond donors (Lipinski definition) is 0. The van der Waals surface area contributed by atoms with Gasteiger partial charge >= 0.3 is 0 Å². The summed E-state index contributed by atoms with van der Waals surface area (Å²) in [7, 11) is 0. The van der Waals surface area contributed by atoms with Crippen molar-refractivity contribution in [1.82, 2.24) is 0 Å². The zero-order valence-corrected chi connectivity index (χ0v) is 22.8. The minimum Gasteiger partial charge on any atom is -0.211 e. The fourth-order valence-corrected chi connectivity index (χ4v) is 4.08. The predicted molar refractivity (Wildman–Crippen MR) is 158 cm³/mol. The van der Waals surface area contributed by atoms with Gasteiger partial charge in [-0.05, 0) is 72.1 Å². The van der Waals surface area contributed by atoms with E-state index < -0.39 is 0 Å². The van der Waals surface area contributed by atoms with Crippen molar-refractivity contribution in [1.29, 1.82) is 0 Å². The maximum atomic E-state index is 10.4. The Morgan fingerprint density at radius 1 is 0.409 bits per heavy atom. The van der Waals surface area contributed by atoms with Gasteiger partial charge in [0.1, 0.15) is 0 Å². The smallest absolute Gasteiger partial charge is 0.211 e. The van der Waals surface area contributed by atoms with Gasteiger partial charge in [-0.2, -0.15) is 30.0 Å². The fourth-order valence-electron chi connectivity index (χ4n) is 4.08. The molecular weight excluding hydrogens is 564 g/mol. The monoisotopic (exact) mass is 582 g/mol. The van der Waals surface area contributed by atoms with Crippen LogP contribution in [0.15, 0.2) is 115 Å². The number of benzene rings is 4. The Balaban J connectivity index is 0.000000281. The summed E-state index contributed by atoms with van der Waals surface area (Å²) in [4.78, 5) is 82.7. The second-order valence-corrected chi connectivity index (χ2v) is 8.54. The minimum absolute atomic E-state index is 0.127. The summed E-state index contributed by atoms with van der Waals surface area (Å²) in [5.74, 6) is -0.127. The van der Waals surface area contributed by atoms with Crippen LogP contribution in [0.4, 0.5) is 34.1 Å². The number of hydrogen-bond acceptors (Lipinski definition) is 12. The standard InChI is InChI=1S/C22H13N3O3.C10H5N3O3/c26-13-23-19-7-1-16(2-8-19)22(17-3-9-20(10-4-17)24-14-27)18-5-11-21(12-6-18)25-15-28;1-7-9(12-5-15)2-8(11-4-14)3-10(7)13-6-16/h1-12,22H;2-3H,1H3. The van der Waals surface area contributed by atoms with Crippen LogP contribution in [0.3, 0.4) is 0 Å². The van der Waals surface area contributed by atoms with Crippen molar-refractivity contribution in [2.75, 3.05) is 0 Å². The molecule has 0 aliphatic carbocycles. The lowest BCUT2D eigenvalue weighted by molar-refractivity contribution is 0.564. The van der Waals surface area contributed by atoms with Crippen LogP contribution in [0.2, 0.25) is 0 Å².